The average molecular weight is 180 g/mol. The third kappa shape index (κ3) is 2.33. The van der Waals surface area contributed by atoms with Crippen LogP contribution in [0.1, 0.15) is 34.6 Å². The van der Waals surface area contributed by atoms with Gasteiger partial charge in [0.25, 0.3) is 0 Å². The van der Waals surface area contributed by atoms with Crippen LogP contribution in [0.2, 0.25) is 0 Å². The first-order valence-electron chi connectivity index (χ1n) is 5.03. The van der Waals surface area contributed by atoms with E-state index in [0.717, 1.165) is 0 Å². The van der Waals surface area contributed by atoms with E-state index < -0.39 is 0 Å². The fraction of sp³-hybridized carbons (Fsp3) is 0.727. The quantitative estimate of drug-likeness (QED) is 0.694. The molecule has 0 aliphatic carbocycles. The zero-order valence-electron chi connectivity index (χ0n) is 9.26. The van der Waals surface area contributed by atoms with Crippen molar-refractivity contribution in [2.24, 2.45) is 16.8 Å². The number of hydrogen-bond donors (Lipinski definition) is 1. The molecule has 2 heteroatoms. The van der Waals surface area contributed by atoms with Crippen molar-refractivity contribution in [3.05, 3.63) is 11.3 Å². The van der Waals surface area contributed by atoms with E-state index in [1.807, 2.05) is 6.21 Å². The van der Waals surface area contributed by atoms with E-state index in [0.29, 0.717) is 11.8 Å². The molecule has 0 fully saturated rings. The molecular formula is C11H20N2. The lowest BCUT2D eigenvalue weighted by Gasteiger charge is -2.26. The van der Waals surface area contributed by atoms with Crippen LogP contribution >= 0.6 is 0 Å². The Hall–Kier alpha value is -0.790. The van der Waals surface area contributed by atoms with Crippen LogP contribution in [0.5, 0.6) is 0 Å². The number of aliphatic imine (C=N–C) groups is 1. The molecule has 0 aromatic rings. The third-order valence-electron chi connectivity index (χ3n) is 2.43. The van der Waals surface area contributed by atoms with Crippen molar-refractivity contribution in [3.63, 3.8) is 0 Å². The molecule has 2 nitrogen and oxygen atoms in total. The summed E-state index contributed by atoms with van der Waals surface area (Å²) in [7, 11) is 0. The molecule has 1 aliphatic rings. The van der Waals surface area contributed by atoms with Crippen molar-refractivity contribution in [1.29, 1.82) is 0 Å². The molecule has 1 heterocycles. The number of allylic oxidation sites excluding steroid dienone is 2. The molecule has 1 N–H and O–H groups in total. The highest BCUT2D eigenvalue weighted by Crippen LogP contribution is 2.17. The van der Waals surface area contributed by atoms with E-state index >= 15 is 0 Å². The zero-order chi connectivity index (χ0) is 10.0. The van der Waals surface area contributed by atoms with Gasteiger partial charge in [0.15, 0.2) is 0 Å². The summed E-state index contributed by atoms with van der Waals surface area (Å²) in [5.41, 5.74) is 2.61. The highest BCUT2D eigenvalue weighted by molar-refractivity contribution is 5.81. The van der Waals surface area contributed by atoms with Crippen LogP contribution in [0.25, 0.3) is 0 Å². The topological polar surface area (TPSA) is 24.4 Å². The first kappa shape index (κ1) is 10.3. The molecule has 0 radical (unpaired) electrons. The first-order chi connectivity index (χ1) is 6.02. The molecule has 0 spiro atoms. The van der Waals surface area contributed by atoms with Crippen molar-refractivity contribution in [3.8, 4) is 0 Å². The molecule has 0 aromatic carbocycles. The van der Waals surface area contributed by atoms with Gasteiger partial charge in [-0.3, -0.25) is 4.99 Å². The van der Waals surface area contributed by atoms with Crippen LogP contribution in [-0.4, -0.2) is 12.4 Å². The van der Waals surface area contributed by atoms with Gasteiger partial charge in [-0.15, -0.1) is 0 Å². The summed E-state index contributed by atoms with van der Waals surface area (Å²) >= 11 is 0. The van der Waals surface area contributed by atoms with E-state index in [9.17, 15) is 0 Å². The fourth-order valence-corrected chi connectivity index (χ4v) is 1.52. The van der Waals surface area contributed by atoms with E-state index in [-0.39, 0.29) is 6.17 Å². The lowest BCUT2D eigenvalue weighted by Crippen LogP contribution is -2.35. The molecule has 1 atom stereocenters. The van der Waals surface area contributed by atoms with E-state index in [4.69, 9.17) is 0 Å². The summed E-state index contributed by atoms with van der Waals surface area (Å²) in [6, 6.07) is 0. The molecule has 74 valence electrons. The van der Waals surface area contributed by atoms with Gasteiger partial charge in [0.2, 0.25) is 0 Å². The van der Waals surface area contributed by atoms with Crippen LogP contribution in [0.3, 0.4) is 0 Å². The van der Waals surface area contributed by atoms with Crippen LogP contribution in [0, 0.1) is 11.8 Å². The lowest BCUT2D eigenvalue weighted by atomic mass is 10.00. The Labute approximate surface area is 81.1 Å². The minimum absolute atomic E-state index is 0.266. The smallest absolute Gasteiger partial charge is 0.120 e. The molecule has 0 saturated heterocycles. The second kappa shape index (κ2) is 3.95. The summed E-state index contributed by atoms with van der Waals surface area (Å²) in [5.74, 6) is 1.12. The van der Waals surface area contributed by atoms with Gasteiger partial charge in [-0.1, -0.05) is 27.7 Å². The van der Waals surface area contributed by atoms with Crippen LogP contribution < -0.4 is 5.32 Å². The normalized spacial score (nSPS) is 22.8. The SMILES string of the molecule is CC1=C(C(C)C)C=NC(C(C)C)N1. The minimum atomic E-state index is 0.266. The number of rotatable bonds is 2. The van der Waals surface area contributed by atoms with Crippen molar-refractivity contribution < 1.29 is 0 Å². The van der Waals surface area contributed by atoms with Gasteiger partial charge in [0, 0.05) is 11.9 Å². The molecule has 1 aliphatic heterocycles. The summed E-state index contributed by atoms with van der Waals surface area (Å²) in [4.78, 5) is 4.49. The Bertz CT molecular complexity index is 236. The Morgan fingerprint density at radius 3 is 2.31 bits per heavy atom. The standard InChI is InChI=1S/C11H20N2/c1-7(2)10-6-12-11(8(3)4)13-9(10)5/h6-8,11,13H,1-5H3. The zero-order valence-corrected chi connectivity index (χ0v) is 9.26. The maximum atomic E-state index is 4.49. The number of hydrogen-bond acceptors (Lipinski definition) is 2. The third-order valence-corrected chi connectivity index (χ3v) is 2.43. The fourth-order valence-electron chi connectivity index (χ4n) is 1.52. The predicted octanol–water partition coefficient (Wildman–Crippen LogP) is 2.57. The number of nitrogens with one attached hydrogen (secondary N) is 1. The highest BCUT2D eigenvalue weighted by atomic mass is 15.1. The predicted molar refractivity (Wildman–Crippen MR) is 57.8 cm³/mol. The first-order valence-corrected chi connectivity index (χ1v) is 5.03. The van der Waals surface area contributed by atoms with Gasteiger partial charge in [-0.25, -0.2) is 0 Å². The Morgan fingerprint density at radius 2 is 1.92 bits per heavy atom. The minimum Gasteiger partial charge on any atom is -0.367 e. The Kier molecular flexibility index (Phi) is 3.12. The van der Waals surface area contributed by atoms with Gasteiger partial charge in [-0.05, 0) is 24.3 Å². The molecule has 0 bridgehead atoms. The van der Waals surface area contributed by atoms with Crippen molar-refractivity contribution in [2.75, 3.05) is 0 Å². The number of nitrogens with zero attached hydrogens (tertiary/aromatic N) is 1. The Morgan fingerprint density at radius 1 is 1.31 bits per heavy atom. The molecular weight excluding hydrogens is 160 g/mol. The molecule has 1 rings (SSSR count). The van der Waals surface area contributed by atoms with E-state index in [1.54, 1.807) is 0 Å². The Balaban J connectivity index is 2.75. The van der Waals surface area contributed by atoms with Crippen LogP contribution in [0.4, 0.5) is 0 Å². The largest absolute Gasteiger partial charge is 0.367 e. The molecule has 1 unspecified atom stereocenters. The van der Waals surface area contributed by atoms with Crippen molar-refractivity contribution in [1.82, 2.24) is 5.32 Å². The van der Waals surface area contributed by atoms with Crippen molar-refractivity contribution in [2.45, 2.75) is 40.8 Å². The molecule has 0 saturated carbocycles. The molecule has 0 amide bonds. The highest BCUT2D eigenvalue weighted by Gasteiger charge is 2.17. The second-order valence-electron chi connectivity index (χ2n) is 4.35. The van der Waals surface area contributed by atoms with Gasteiger partial charge in [0.05, 0.1) is 0 Å². The summed E-state index contributed by atoms with van der Waals surface area (Å²) in [5, 5.41) is 3.43. The summed E-state index contributed by atoms with van der Waals surface area (Å²) in [6.45, 7) is 10.9. The maximum Gasteiger partial charge on any atom is 0.120 e. The van der Waals surface area contributed by atoms with Crippen LogP contribution in [0.15, 0.2) is 16.3 Å². The lowest BCUT2D eigenvalue weighted by molar-refractivity contribution is 0.438. The van der Waals surface area contributed by atoms with Gasteiger partial charge >= 0.3 is 0 Å². The second-order valence-corrected chi connectivity index (χ2v) is 4.35. The van der Waals surface area contributed by atoms with Gasteiger partial charge in [0.1, 0.15) is 6.17 Å². The van der Waals surface area contributed by atoms with E-state index in [1.165, 1.54) is 11.3 Å². The van der Waals surface area contributed by atoms with Crippen molar-refractivity contribution >= 4 is 6.21 Å². The van der Waals surface area contributed by atoms with Gasteiger partial charge < -0.3 is 5.32 Å². The monoisotopic (exact) mass is 180 g/mol. The summed E-state index contributed by atoms with van der Waals surface area (Å²) in [6.07, 6.45) is 2.30. The van der Waals surface area contributed by atoms with Gasteiger partial charge in [-0.2, -0.15) is 0 Å². The van der Waals surface area contributed by atoms with Crippen LogP contribution in [-0.2, 0) is 0 Å². The average Bonchev–Trinajstić information content (AvgIpc) is 2.03. The molecule has 13 heavy (non-hydrogen) atoms. The summed E-state index contributed by atoms with van der Waals surface area (Å²) < 4.78 is 0. The maximum absolute atomic E-state index is 4.49. The van der Waals surface area contributed by atoms with E-state index in [2.05, 4.69) is 44.9 Å². The molecule has 0 aromatic heterocycles.